The average molecular weight is 182 g/mol. The van der Waals surface area contributed by atoms with E-state index in [1.807, 2.05) is 0 Å². The van der Waals surface area contributed by atoms with Crippen LogP contribution in [0.2, 0.25) is 0 Å². The zero-order valence-electron chi connectivity index (χ0n) is 9.30. The Balaban J connectivity index is 2.45. The molecule has 0 unspecified atom stereocenters. The third-order valence-electron chi connectivity index (χ3n) is 3.08. The number of nitrogens with one attached hydrogen (secondary N) is 1. The standard InChI is InChI=1S/C11H22N2/c1-8(2)10-6-11(12-7-10)9(3)13(4)5/h8,10-12H,3,6-7H2,1-2,4-5H3/t10-,11-/m0/s1. The first-order valence-corrected chi connectivity index (χ1v) is 5.12. The molecule has 1 rings (SSSR count). The summed E-state index contributed by atoms with van der Waals surface area (Å²) in [5.41, 5.74) is 1.21. The summed E-state index contributed by atoms with van der Waals surface area (Å²) in [4.78, 5) is 2.11. The van der Waals surface area contributed by atoms with Gasteiger partial charge in [-0.1, -0.05) is 20.4 Å². The van der Waals surface area contributed by atoms with Crippen molar-refractivity contribution < 1.29 is 0 Å². The maximum absolute atomic E-state index is 4.09. The second-order valence-corrected chi connectivity index (χ2v) is 4.59. The highest BCUT2D eigenvalue weighted by Gasteiger charge is 2.28. The van der Waals surface area contributed by atoms with Crippen molar-refractivity contribution in [3.8, 4) is 0 Å². The molecule has 1 aliphatic rings. The monoisotopic (exact) mass is 182 g/mol. The van der Waals surface area contributed by atoms with Gasteiger partial charge in [0.2, 0.25) is 0 Å². The number of nitrogens with zero attached hydrogens (tertiary/aromatic N) is 1. The molecule has 76 valence electrons. The van der Waals surface area contributed by atoms with Crippen molar-refractivity contribution >= 4 is 0 Å². The molecule has 1 aliphatic heterocycles. The minimum absolute atomic E-state index is 0.502. The molecule has 0 radical (unpaired) electrons. The zero-order valence-corrected chi connectivity index (χ0v) is 9.30. The molecular weight excluding hydrogens is 160 g/mol. The first-order chi connectivity index (χ1) is 6.02. The smallest absolute Gasteiger partial charge is 0.0468 e. The van der Waals surface area contributed by atoms with Crippen LogP contribution in [0.4, 0.5) is 0 Å². The maximum atomic E-state index is 4.09. The molecule has 1 N–H and O–H groups in total. The fourth-order valence-electron chi connectivity index (χ4n) is 1.84. The lowest BCUT2D eigenvalue weighted by Crippen LogP contribution is -2.30. The molecule has 1 heterocycles. The van der Waals surface area contributed by atoms with Crippen LogP contribution in [-0.2, 0) is 0 Å². The normalized spacial score (nSPS) is 28.1. The summed E-state index contributed by atoms with van der Waals surface area (Å²) in [7, 11) is 4.12. The van der Waals surface area contributed by atoms with Gasteiger partial charge in [-0.15, -0.1) is 0 Å². The van der Waals surface area contributed by atoms with Crippen molar-refractivity contribution in [1.29, 1.82) is 0 Å². The van der Waals surface area contributed by atoms with Crippen LogP contribution < -0.4 is 5.32 Å². The predicted octanol–water partition coefficient (Wildman–Crippen LogP) is 1.70. The Morgan fingerprint density at radius 1 is 1.46 bits per heavy atom. The molecule has 0 aromatic heterocycles. The van der Waals surface area contributed by atoms with Crippen molar-refractivity contribution in [3.05, 3.63) is 12.3 Å². The van der Waals surface area contributed by atoms with E-state index < -0.39 is 0 Å². The number of rotatable bonds is 3. The SMILES string of the molecule is C=C([C@@H]1C[C@H](C(C)C)CN1)N(C)C. The van der Waals surface area contributed by atoms with Crippen molar-refractivity contribution in [3.63, 3.8) is 0 Å². The summed E-state index contributed by atoms with van der Waals surface area (Å²) < 4.78 is 0. The van der Waals surface area contributed by atoms with Crippen LogP contribution in [0.1, 0.15) is 20.3 Å². The van der Waals surface area contributed by atoms with Gasteiger partial charge in [-0.05, 0) is 24.8 Å². The highest BCUT2D eigenvalue weighted by molar-refractivity contribution is 5.06. The van der Waals surface area contributed by atoms with E-state index in [0.29, 0.717) is 6.04 Å². The van der Waals surface area contributed by atoms with Gasteiger partial charge in [0.15, 0.2) is 0 Å². The lowest BCUT2D eigenvalue weighted by Gasteiger charge is -2.22. The van der Waals surface area contributed by atoms with Gasteiger partial charge in [-0.25, -0.2) is 0 Å². The van der Waals surface area contributed by atoms with Gasteiger partial charge in [0.25, 0.3) is 0 Å². The summed E-state index contributed by atoms with van der Waals surface area (Å²) in [6, 6.07) is 0.502. The molecule has 0 spiro atoms. The van der Waals surface area contributed by atoms with E-state index in [1.54, 1.807) is 0 Å². The van der Waals surface area contributed by atoms with E-state index in [9.17, 15) is 0 Å². The van der Waals surface area contributed by atoms with Gasteiger partial charge >= 0.3 is 0 Å². The lowest BCUT2D eigenvalue weighted by atomic mass is 9.93. The molecule has 0 aromatic carbocycles. The number of hydrogen-bond acceptors (Lipinski definition) is 2. The Kier molecular flexibility index (Phi) is 3.37. The molecule has 1 saturated heterocycles. The van der Waals surface area contributed by atoms with Crippen LogP contribution in [-0.4, -0.2) is 31.6 Å². The summed E-state index contributed by atoms with van der Waals surface area (Å²) >= 11 is 0. The summed E-state index contributed by atoms with van der Waals surface area (Å²) in [6.45, 7) is 9.84. The Bertz CT molecular complexity index is 185. The Hall–Kier alpha value is -0.500. The fraction of sp³-hybridized carbons (Fsp3) is 0.818. The molecule has 0 aromatic rings. The van der Waals surface area contributed by atoms with Gasteiger partial charge in [0, 0.05) is 25.8 Å². The van der Waals surface area contributed by atoms with Crippen LogP contribution in [0, 0.1) is 11.8 Å². The van der Waals surface area contributed by atoms with Crippen LogP contribution in [0.15, 0.2) is 12.3 Å². The molecule has 0 saturated carbocycles. The summed E-state index contributed by atoms with van der Waals surface area (Å²) in [5, 5.41) is 3.53. The van der Waals surface area contributed by atoms with Crippen LogP contribution in [0.3, 0.4) is 0 Å². The predicted molar refractivity (Wildman–Crippen MR) is 57.6 cm³/mol. The lowest BCUT2D eigenvalue weighted by molar-refractivity contribution is 0.399. The minimum atomic E-state index is 0.502. The zero-order chi connectivity index (χ0) is 10.0. The van der Waals surface area contributed by atoms with Gasteiger partial charge in [0.05, 0.1) is 0 Å². The van der Waals surface area contributed by atoms with Crippen LogP contribution in [0.25, 0.3) is 0 Å². The Morgan fingerprint density at radius 2 is 2.08 bits per heavy atom. The third-order valence-corrected chi connectivity index (χ3v) is 3.08. The first-order valence-electron chi connectivity index (χ1n) is 5.12. The Morgan fingerprint density at radius 3 is 2.46 bits per heavy atom. The largest absolute Gasteiger partial charge is 0.380 e. The van der Waals surface area contributed by atoms with Crippen LogP contribution >= 0.6 is 0 Å². The van der Waals surface area contributed by atoms with Crippen molar-refractivity contribution in [1.82, 2.24) is 10.2 Å². The van der Waals surface area contributed by atoms with Crippen molar-refractivity contribution in [2.24, 2.45) is 11.8 Å². The molecule has 2 nitrogen and oxygen atoms in total. The van der Waals surface area contributed by atoms with E-state index in [4.69, 9.17) is 0 Å². The molecular formula is C11H22N2. The molecule has 0 aliphatic carbocycles. The van der Waals surface area contributed by atoms with Crippen LogP contribution in [0.5, 0.6) is 0 Å². The first kappa shape index (κ1) is 10.6. The van der Waals surface area contributed by atoms with Crippen molar-refractivity contribution in [2.45, 2.75) is 26.3 Å². The average Bonchev–Trinajstić information content (AvgIpc) is 2.50. The summed E-state index contributed by atoms with van der Waals surface area (Å²) in [6.07, 6.45) is 1.24. The number of likely N-dealkylation sites (N-methyl/N-ethyl adjacent to an activating group) is 1. The van der Waals surface area contributed by atoms with Gasteiger partial charge in [-0.3, -0.25) is 0 Å². The molecule has 0 amide bonds. The highest BCUT2D eigenvalue weighted by atomic mass is 15.1. The maximum Gasteiger partial charge on any atom is 0.0468 e. The minimum Gasteiger partial charge on any atom is -0.380 e. The van der Waals surface area contributed by atoms with Gasteiger partial charge in [-0.2, -0.15) is 0 Å². The van der Waals surface area contributed by atoms with Gasteiger partial charge in [0.1, 0.15) is 0 Å². The Labute approximate surface area is 82.0 Å². The molecule has 1 fully saturated rings. The molecule has 2 atom stereocenters. The quantitative estimate of drug-likeness (QED) is 0.714. The van der Waals surface area contributed by atoms with E-state index in [0.717, 1.165) is 18.4 Å². The molecule has 2 heteroatoms. The summed E-state index contributed by atoms with van der Waals surface area (Å²) in [5.74, 6) is 1.61. The number of hydrogen-bond donors (Lipinski definition) is 1. The van der Waals surface area contributed by atoms with E-state index in [-0.39, 0.29) is 0 Å². The van der Waals surface area contributed by atoms with Gasteiger partial charge < -0.3 is 10.2 Å². The van der Waals surface area contributed by atoms with E-state index >= 15 is 0 Å². The van der Waals surface area contributed by atoms with E-state index in [1.165, 1.54) is 12.1 Å². The van der Waals surface area contributed by atoms with Crippen molar-refractivity contribution in [2.75, 3.05) is 20.6 Å². The fourth-order valence-corrected chi connectivity index (χ4v) is 1.84. The second-order valence-electron chi connectivity index (χ2n) is 4.59. The second kappa shape index (κ2) is 4.14. The topological polar surface area (TPSA) is 15.3 Å². The van der Waals surface area contributed by atoms with E-state index in [2.05, 4.69) is 44.7 Å². The highest BCUT2D eigenvalue weighted by Crippen LogP contribution is 2.25. The molecule has 13 heavy (non-hydrogen) atoms. The molecule has 0 bridgehead atoms. The third kappa shape index (κ3) is 2.47.